The Bertz CT molecular complexity index is 761. The van der Waals surface area contributed by atoms with E-state index >= 15 is 0 Å². The third kappa shape index (κ3) is 3.59. The molecule has 0 atom stereocenters. The SMILES string of the molecule is Cc1ccc(C(=O)N/N=C/c2ccc3c(c2)CC(C)(C)O3)cc1. The number of aryl methyl sites for hydroxylation is 1. The van der Waals surface area contributed by atoms with Gasteiger partial charge in [-0.05, 0) is 62.2 Å². The van der Waals surface area contributed by atoms with Crippen LogP contribution in [0.15, 0.2) is 47.6 Å². The quantitative estimate of drug-likeness (QED) is 0.697. The minimum absolute atomic E-state index is 0.155. The van der Waals surface area contributed by atoms with E-state index in [1.807, 2.05) is 37.3 Å². The standard InChI is InChI=1S/C19H20N2O2/c1-13-4-7-15(8-5-13)18(22)21-20-12-14-6-9-17-16(10-14)11-19(2,3)23-17/h4-10,12H,11H2,1-3H3,(H,21,22)/b20-12+. The number of hydrogen-bond acceptors (Lipinski definition) is 3. The van der Waals surface area contributed by atoms with Crippen LogP contribution in [0.1, 0.15) is 40.9 Å². The lowest BCUT2D eigenvalue weighted by Gasteiger charge is -2.16. The number of benzene rings is 2. The molecular formula is C19H20N2O2. The Morgan fingerprint density at radius 2 is 1.96 bits per heavy atom. The van der Waals surface area contributed by atoms with E-state index in [4.69, 9.17) is 4.74 Å². The molecule has 0 spiro atoms. The van der Waals surface area contributed by atoms with Crippen molar-refractivity contribution in [1.82, 2.24) is 5.43 Å². The maximum Gasteiger partial charge on any atom is 0.271 e. The van der Waals surface area contributed by atoms with Crippen LogP contribution < -0.4 is 10.2 Å². The third-order valence-electron chi connectivity index (χ3n) is 3.78. The molecule has 118 valence electrons. The van der Waals surface area contributed by atoms with Crippen molar-refractivity contribution in [3.05, 3.63) is 64.7 Å². The van der Waals surface area contributed by atoms with Crippen LogP contribution in [0.5, 0.6) is 5.75 Å². The van der Waals surface area contributed by atoms with Crippen LogP contribution in [0.3, 0.4) is 0 Å². The molecule has 4 heteroatoms. The molecular weight excluding hydrogens is 288 g/mol. The van der Waals surface area contributed by atoms with Gasteiger partial charge in [0.25, 0.3) is 5.91 Å². The van der Waals surface area contributed by atoms with Crippen molar-refractivity contribution < 1.29 is 9.53 Å². The normalized spacial score (nSPS) is 15.3. The Labute approximate surface area is 136 Å². The molecule has 1 N–H and O–H groups in total. The van der Waals surface area contributed by atoms with Crippen molar-refractivity contribution in [2.75, 3.05) is 0 Å². The van der Waals surface area contributed by atoms with Gasteiger partial charge in [0, 0.05) is 12.0 Å². The average Bonchev–Trinajstić information content (AvgIpc) is 2.81. The van der Waals surface area contributed by atoms with E-state index in [1.165, 1.54) is 5.56 Å². The summed E-state index contributed by atoms with van der Waals surface area (Å²) in [5.41, 5.74) is 6.22. The van der Waals surface area contributed by atoms with E-state index in [0.717, 1.165) is 23.3 Å². The van der Waals surface area contributed by atoms with Gasteiger partial charge in [-0.25, -0.2) is 5.43 Å². The molecule has 0 radical (unpaired) electrons. The summed E-state index contributed by atoms with van der Waals surface area (Å²) in [6.07, 6.45) is 2.53. The zero-order valence-electron chi connectivity index (χ0n) is 13.6. The summed E-state index contributed by atoms with van der Waals surface area (Å²) in [7, 11) is 0. The molecule has 2 aromatic rings. The summed E-state index contributed by atoms with van der Waals surface area (Å²) < 4.78 is 5.85. The lowest BCUT2D eigenvalue weighted by molar-refractivity contribution is 0.0955. The van der Waals surface area contributed by atoms with Gasteiger partial charge in [-0.1, -0.05) is 17.7 Å². The van der Waals surface area contributed by atoms with Crippen LogP contribution >= 0.6 is 0 Å². The van der Waals surface area contributed by atoms with Gasteiger partial charge < -0.3 is 4.74 Å². The molecule has 1 amide bonds. The molecule has 0 saturated carbocycles. The maximum absolute atomic E-state index is 12.0. The second-order valence-electron chi connectivity index (χ2n) is 6.47. The highest BCUT2D eigenvalue weighted by atomic mass is 16.5. The molecule has 0 aromatic heterocycles. The number of amides is 1. The van der Waals surface area contributed by atoms with Crippen LogP contribution in [0, 0.1) is 6.92 Å². The smallest absolute Gasteiger partial charge is 0.271 e. The lowest BCUT2D eigenvalue weighted by Crippen LogP contribution is -2.24. The van der Waals surface area contributed by atoms with Gasteiger partial charge in [0.2, 0.25) is 0 Å². The fourth-order valence-electron chi connectivity index (χ4n) is 2.64. The summed E-state index contributed by atoms with van der Waals surface area (Å²) in [4.78, 5) is 12.0. The Morgan fingerprint density at radius 3 is 2.70 bits per heavy atom. The zero-order valence-corrected chi connectivity index (χ0v) is 13.6. The highest BCUT2D eigenvalue weighted by molar-refractivity contribution is 5.94. The van der Waals surface area contributed by atoms with Gasteiger partial charge in [0.1, 0.15) is 11.4 Å². The van der Waals surface area contributed by atoms with Gasteiger partial charge in [-0.3, -0.25) is 4.79 Å². The average molecular weight is 308 g/mol. The number of hydrogen-bond donors (Lipinski definition) is 1. The maximum atomic E-state index is 12.0. The van der Waals surface area contributed by atoms with Crippen molar-refractivity contribution in [3.63, 3.8) is 0 Å². The third-order valence-corrected chi connectivity index (χ3v) is 3.78. The molecule has 4 nitrogen and oxygen atoms in total. The predicted molar refractivity (Wildman–Crippen MR) is 91.1 cm³/mol. The van der Waals surface area contributed by atoms with Crippen LogP contribution in [0.2, 0.25) is 0 Å². The minimum Gasteiger partial charge on any atom is -0.487 e. The van der Waals surface area contributed by atoms with Crippen LogP contribution in [0.4, 0.5) is 0 Å². The van der Waals surface area contributed by atoms with Crippen molar-refractivity contribution in [1.29, 1.82) is 0 Å². The topological polar surface area (TPSA) is 50.7 Å². The molecule has 0 saturated heterocycles. The predicted octanol–water partition coefficient (Wildman–Crippen LogP) is 3.47. The van der Waals surface area contributed by atoms with Crippen LogP contribution in [-0.2, 0) is 6.42 Å². The molecule has 0 fully saturated rings. The van der Waals surface area contributed by atoms with Gasteiger partial charge in [0.05, 0.1) is 6.21 Å². The molecule has 0 unspecified atom stereocenters. The monoisotopic (exact) mass is 308 g/mol. The molecule has 0 bridgehead atoms. The molecule has 1 heterocycles. The molecule has 3 rings (SSSR count). The number of ether oxygens (including phenoxy) is 1. The number of carbonyl (C=O) groups excluding carboxylic acids is 1. The number of nitrogens with zero attached hydrogens (tertiary/aromatic N) is 1. The molecule has 23 heavy (non-hydrogen) atoms. The van der Waals surface area contributed by atoms with Gasteiger partial charge in [0.15, 0.2) is 0 Å². The number of hydrazone groups is 1. The summed E-state index contributed by atoms with van der Waals surface area (Å²) in [6.45, 7) is 6.13. The number of fused-ring (bicyclic) bond motifs is 1. The first-order valence-corrected chi connectivity index (χ1v) is 7.65. The van der Waals surface area contributed by atoms with Crippen molar-refractivity contribution >= 4 is 12.1 Å². The molecule has 0 aliphatic carbocycles. The van der Waals surface area contributed by atoms with Crippen molar-refractivity contribution in [2.45, 2.75) is 32.8 Å². The van der Waals surface area contributed by atoms with E-state index in [1.54, 1.807) is 18.3 Å². The van der Waals surface area contributed by atoms with E-state index < -0.39 is 0 Å². The minimum atomic E-state index is -0.216. The first kappa shape index (κ1) is 15.3. The van der Waals surface area contributed by atoms with Crippen molar-refractivity contribution in [2.24, 2.45) is 5.10 Å². The first-order valence-electron chi connectivity index (χ1n) is 7.65. The van der Waals surface area contributed by atoms with Crippen LogP contribution in [0.25, 0.3) is 0 Å². The van der Waals surface area contributed by atoms with E-state index in [0.29, 0.717) is 5.56 Å². The highest BCUT2D eigenvalue weighted by Crippen LogP contribution is 2.34. The van der Waals surface area contributed by atoms with Gasteiger partial charge in [-0.2, -0.15) is 5.10 Å². The Kier molecular flexibility index (Phi) is 3.90. The summed E-state index contributed by atoms with van der Waals surface area (Å²) in [6, 6.07) is 13.3. The molecule has 1 aliphatic rings. The number of carbonyl (C=O) groups is 1. The van der Waals surface area contributed by atoms with Crippen LogP contribution in [-0.4, -0.2) is 17.7 Å². The zero-order chi connectivity index (χ0) is 16.4. The summed E-state index contributed by atoms with van der Waals surface area (Å²) in [5.74, 6) is 0.711. The summed E-state index contributed by atoms with van der Waals surface area (Å²) >= 11 is 0. The van der Waals surface area contributed by atoms with E-state index in [-0.39, 0.29) is 11.5 Å². The Morgan fingerprint density at radius 1 is 1.22 bits per heavy atom. The second-order valence-corrected chi connectivity index (χ2v) is 6.47. The van der Waals surface area contributed by atoms with E-state index in [2.05, 4.69) is 24.4 Å². The second kappa shape index (κ2) is 5.88. The van der Waals surface area contributed by atoms with E-state index in [9.17, 15) is 4.79 Å². The Hall–Kier alpha value is -2.62. The summed E-state index contributed by atoms with van der Waals surface area (Å²) in [5, 5.41) is 4.04. The Balaban J connectivity index is 1.65. The molecule has 1 aliphatic heterocycles. The van der Waals surface area contributed by atoms with Crippen molar-refractivity contribution in [3.8, 4) is 5.75 Å². The fourth-order valence-corrected chi connectivity index (χ4v) is 2.64. The largest absolute Gasteiger partial charge is 0.487 e. The highest BCUT2D eigenvalue weighted by Gasteiger charge is 2.29. The number of nitrogens with one attached hydrogen (secondary N) is 1. The van der Waals surface area contributed by atoms with Gasteiger partial charge >= 0.3 is 0 Å². The lowest BCUT2D eigenvalue weighted by atomic mass is 10.0. The van der Waals surface area contributed by atoms with Gasteiger partial charge in [-0.15, -0.1) is 0 Å². The first-order chi connectivity index (χ1) is 10.9. The fraction of sp³-hybridized carbons (Fsp3) is 0.263. The molecule has 2 aromatic carbocycles. The number of rotatable bonds is 3.